The van der Waals surface area contributed by atoms with Crippen LogP contribution in [0, 0.1) is 5.41 Å². The number of nitrogens with two attached hydrogens (primary N) is 2. The Kier molecular flexibility index (Phi) is 2.19. The lowest BCUT2D eigenvalue weighted by Gasteiger charge is -2.40. The van der Waals surface area contributed by atoms with Crippen LogP contribution in [0.15, 0.2) is 0 Å². The lowest BCUT2D eigenvalue weighted by Crippen LogP contribution is -2.39. The molecule has 0 aromatic carbocycles. The highest BCUT2D eigenvalue weighted by Crippen LogP contribution is 2.42. The van der Waals surface area contributed by atoms with Gasteiger partial charge in [-0.15, -0.1) is 0 Å². The molecule has 0 bridgehead atoms. The summed E-state index contributed by atoms with van der Waals surface area (Å²) in [5.41, 5.74) is 11.6. The van der Waals surface area contributed by atoms with Gasteiger partial charge in [-0.25, -0.2) is 4.68 Å². The van der Waals surface area contributed by atoms with Crippen molar-refractivity contribution in [1.29, 1.82) is 0 Å². The number of nitrogen functional groups attached to an aromatic ring is 1. The van der Waals surface area contributed by atoms with Crippen LogP contribution in [-0.4, -0.2) is 21.3 Å². The fraction of sp³-hybridized carbons (Fsp3) is 0.778. The third-order valence-electron chi connectivity index (χ3n) is 3.22. The van der Waals surface area contributed by atoms with Crippen molar-refractivity contribution in [2.24, 2.45) is 18.2 Å². The lowest BCUT2D eigenvalue weighted by atomic mass is 9.66. The molecular weight excluding hydrogens is 178 g/mol. The molecule has 1 fully saturated rings. The predicted molar refractivity (Wildman–Crippen MR) is 54.5 cm³/mol. The van der Waals surface area contributed by atoms with E-state index in [2.05, 4.69) is 10.1 Å². The number of hydrogen-bond donors (Lipinski definition) is 2. The highest BCUT2D eigenvalue weighted by molar-refractivity contribution is 5.16. The molecular formula is C9H17N5. The third-order valence-corrected chi connectivity index (χ3v) is 3.22. The maximum absolute atomic E-state index is 5.77. The Morgan fingerprint density at radius 1 is 1.50 bits per heavy atom. The van der Waals surface area contributed by atoms with E-state index in [1.807, 2.05) is 7.05 Å². The highest BCUT2D eigenvalue weighted by Gasteiger charge is 2.36. The van der Waals surface area contributed by atoms with Gasteiger partial charge in [0.05, 0.1) is 0 Å². The second-order valence-corrected chi connectivity index (χ2v) is 4.24. The van der Waals surface area contributed by atoms with Gasteiger partial charge in [0.1, 0.15) is 0 Å². The van der Waals surface area contributed by atoms with Gasteiger partial charge in [0.15, 0.2) is 5.82 Å². The Hall–Kier alpha value is -1.10. The zero-order valence-electron chi connectivity index (χ0n) is 8.53. The number of hydrogen-bond acceptors (Lipinski definition) is 4. The zero-order valence-corrected chi connectivity index (χ0v) is 8.53. The van der Waals surface area contributed by atoms with Gasteiger partial charge in [0.2, 0.25) is 5.95 Å². The van der Waals surface area contributed by atoms with Gasteiger partial charge < -0.3 is 11.5 Å². The van der Waals surface area contributed by atoms with Crippen molar-refractivity contribution in [1.82, 2.24) is 14.8 Å². The van der Waals surface area contributed by atoms with Crippen LogP contribution in [0.2, 0.25) is 0 Å². The minimum atomic E-state index is 0.258. The van der Waals surface area contributed by atoms with Crippen LogP contribution in [0.4, 0.5) is 5.95 Å². The molecule has 1 heterocycles. The van der Waals surface area contributed by atoms with Crippen molar-refractivity contribution in [3.05, 3.63) is 5.82 Å². The van der Waals surface area contributed by atoms with Gasteiger partial charge in [-0.1, -0.05) is 6.42 Å². The van der Waals surface area contributed by atoms with E-state index >= 15 is 0 Å². The van der Waals surface area contributed by atoms with Crippen LogP contribution in [0.5, 0.6) is 0 Å². The van der Waals surface area contributed by atoms with Gasteiger partial charge in [-0.3, -0.25) is 0 Å². The van der Waals surface area contributed by atoms with Crippen LogP contribution >= 0.6 is 0 Å². The molecule has 1 aromatic heterocycles. The van der Waals surface area contributed by atoms with E-state index in [9.17, 15) is 0 Å². The van der Waals surface area contributed by atoms with Crippen LogP contribution < -0.4 is 11.5 Å². The van der Waals surface area contributed by atoms with Gasteiger partial charge in [-0.05, 0) is 24.8 Å². The first-order valence-corrected chi connectivity index (χ1v) is 5.01. The first-order chi connectivity index (χ1) is 6.65. The Morgan fingerprint density at radius 3 is 2.57 bits per heavy atom. The first kappa shape index (κ1) is 9.45. The predicted octanol–water partition coefficient (Wildman–Crippen LogP) is 0.0688. The molecule has 0 atom stereocenters. The van der Waals surface area contributed by atoms with Crippen molar-refractivity contribution < 1.29 is 0 Å². The molecule has 0 unspecified atom stereocenters. The Balaban J connectivity index is 2.09. The topological polar surface area (TPSA) is 82.8 Å². The van der Waals surface area contributed by atoms with Crippen molar-refractivity contribution in [3.63, 3.8) is 0 Å². The van der Waals surface area contributed by atoms with Crippen molar-refractivity contribution in [2.75, 3.05) is 12.3 Å². The van der Waals surface area contributed by atoms with Crippen LogP contribution in [-0.2, 0) is 13.5 Å². The summed E-state index contributed by atoms with van der Waals surface area (Å²) in [6, 6.07) is 0. The minimum absolute atomic E-state index is 0.258. The summed E-state index contributed by atoms with van der Waals surface area (Å²) in [6.07, 6.45) is 4.54. The molecule has 1 aliphatic carbocycles. The molecule has 4 N–H and O–H groups in total. The van der Waals surface area contributed by atoms with Crippen molar-refractivity contribution in [3.8, 4) is 0 Å². The highest BCUT2D eigenvalue weighted by atomic mass is 15.4. The molecule has 0 spiro atoms. The normalized spacial score (nSPS) is 19.3. The van der Waals surface area contributed by atoms with E-state index in [0.29, 0.717) is 5.95 Å². The zero-order chi connectivity index (χ0) is 10.2. The van der Waals surface area contributed by atoms with E-state index < -0.39 is 0 Å². The van der Waals surface area contributed by atoms with Crippen LogP contribution in [0.3, 0.4) is 0 Å². The molecule has 0 amide bonds. The Labute approximate surface area is 83.5 Å². The number of aromatic nitrogens is 3. The molecule has 0 saturated heterocycles. The Morgan fingerprint density at radius 2 is 2.21 bits per heavy atom. The largest absolute Gasteiger partial charge is 0.368 e. The van der Waals surface area contributed by atoms with E-state index in [1.54, 1.807) is 4.68 Å². The molecule has 0 radical (unpaired) electrons. The molecule has 5 nitrogen and oxygen atoms in total. The molecule has 0 aliphatic heterocycles. The Bertz CT molecular complexity index is 301. The van der Waals surface area contributed by atoms with Gasteiger partial charge in [0, 0.05) is 13.5 Å². The minimum Gasteiger partial charge on any atom is -0.368 e. The van der Waals surface area contributed by atoms with Crippen molar-refractivity contribution >= 4 is 5.95 Å². The summed E-state index contributed by atoms with van der Waals surface area (Å²) >= 11 is 0. The summed E-state index contributed by atoms with van der Waals surface area (Å²) < 4.78 is 1.61. The van der Waals surface area contributed by atoms with Crippen molar-refractivity contribution in [2.45, 2.75) is 25.7 Å². The standard InChI is InChI=1S/C9H17N5/c1-14-8(11)12-7(13-14)5-9(6-10)3-2-4-9/h2-6,10H2,1H3,(H2,11,12,13). The summed E-state index contributed by atoms with van der Waals surface area (Å²) in [4.78, 5) is 4.20. The summed E-state index contributed by atoms with van der Waals surface area (Å²) in [6.45, 7) is 0.727. The monoisotopic (exact) mass is 195 g/mol. The van der Waals surface area contributed by atoms with E-state index in [4.69, 9.17) is 11.5 Å². The van der Waals surface area contributed by atoms with Crippen LogP contribution in [0.25, 0.3) is 0 Å². The lowest BCUT2D eigenvalue weighted by molar-refractivity contribution is 0.141. The molecule has 1 aromatic rings. The fourth-order valence-corrected chi connectivity index (χ4v) is 1.99. The van der Waals surface area contributed by atoms with E-state index in [-0.39, 0.29) is 5.41 Å². The van der Waals surface area contributed by atoms with Gasteiger partial charge >= 0.3 is 0 Å². The smallest absolute Gasteiger partial charge is 0.218 e. The first-order valence-electron chi connectivity index (χ1n) is 5.01. The second kappa shape index (κ2) is 3.24. The van der Waals surface area contributed by atoms with Crippen LogP contribution in [0.1, 0.15) is 25.1 Å². The second-order valence-electron chi connectivity index (χ2n) is 4.24. The maximum Gasteiger partial charge on any atom is 0.218 e. The number of anilines is 1. The summed E-state index contributed by atoms with van der Waals surface area (Å²) in [7, 11) is 1.81. The molecule has 14 heavy (non-hydrogen) atoms. The van der Waals surface area contributed by atoms with E-state index in [1.165, 1.54) is 19.3 Å². The molecule has 5 heteroatoms. The number of aryl methyl sites for hydroxylation is 1. The molecule has 1 aliphatic rings. The average Bonchev–Trinajstić information content (AvgIpc) is 2.39. The maximum atomic E-state index is 5.77. The summed E-state index contributed by atoms with van der Waals surface area (Å²) in [5.74, 6) is 1.31. The molecule has 2 rings (SSSR count). The number of nitrogens with zero attached hydrogens (tertiary/aromatic N) is 3. The SMILES string of the molecule is Cn1nc(CC2(CN)CCC2)nc1N. The van der Waals surface area contributed by atoms with Gasteiger partial charge in [-0.2, -0.15) is 10.1 Å². The van der Waals surface area contributed by atoms with E-state index in [0.717, 1.165) is 18.8 Å². The number of rotatable bonds is 3. The quantitative estimate of drug-likeness (QED) is 0.715. The molecule has 1 saturated carbocycles. The summed E-state index contributed by atoms with van der Waals surface area (Å²) in [5, 5.41) is 4.25. The molecule has 78 valence electrons. The van der Waals surface area contributed by atoms with Gasteiger partial charge in [0.25, 0.3) is 0 Å². The fourth-order valence-electron chi connectivity index (χ4n) is 1.99. The average molecular weight is 195 g/mol. The third kappa shape index (κ3) is 1.48.